The normalized spacial score (nSPS) is 22.6. The van der Waals surface area contributed by atoms with E-state index in [-0.39, 0.29) is 5.41 Å². The molecule has 8 aromatic rings. The van der Waals surface area contributed by atoms with E-state index in [0.29, 0.717) is 5.41 Å². The smallest absolute Gasteiger partial charge is 0.0726 e. The summed E-state index contributed by atoms with van der Waals surface area (Å²) in [5.74, 6) is 2.86. The molecule has 8 aromatic carbocycles. The molecule has 4 fully saturated rings. The Hall–Kier alpha value is -6.44. The summed E-state index contributed by atoms with van der Waals surface area (Å²) in [5, 5.41) is 0. The van der Waals surface area contributed by atoms with Crippen LogP contribution in [-0.4, -0.2) is 0 Å². The van der Waals surface area contributed by atoms with Crippen LogP contribution in [0.1, 0.15) is 102 Å². The van der Waals surface area contributed by atoms with Gasteiger partial charge in [0, 0.05) is 22.5 Å². The fraction of sp³-hybridized carbons (Fsp3) is 0.250. The Morgan fingerprint density at radius 2 is 0.831 bits per heavy atom. The zero-order chi connectivity index (χ0) is 43.4. The minimum Gasteiger partial charge on any atom is -0.310 e. The van der Waals surface area contributed by atoms with Crippen LogP contribution in [0.5, 0.6) is 0 Å². The van der Waals surface area contributed by atoms with Crippen molar-refractivity contribution >= 4 is 17.1 Å². The van der Waals surface area contributed by atoms with Gasteiger partial charge in [-0.3, -0.25) is 0 Å². The van der Waals surface area contributed by atoms with Crippen LogP contribution >= 0.6 is 0 Å². The first-order chi connectivity index (χ1) is 31.7. The second-order valence-corrected chi connectivity index (χ2v) is 21.7. The first-order valence-corrected chi connectivity index (χ1v) is 24.4. The summed E-state index contributed by atoms with van der Waals surface area (Å²) in [6, 6.07) is 66.3. The number of hydrogen-bond acceptors (Lipinski definition) is 1. The maximum absolute atomic E-state index is 2.54. The minimum absolute atomic E-state index is 0.0621. The van der Waals surface area contributed by atoms with E-state index in [4.69, 9.17) is 0 Å². The quantitative estimate of drug-likeness (QED) is 0.167. The van der Waals surface area contributed by atoms with Gasteiger partial charge in [-0.05, 0) is 195 Å². The first kappa shape index (κ1) is 37.9. The van der Waals surface area contributed by atoms with Crippen molar-refractivity contribution in [1.29, 1.82) is 0 Å². The topological polar surface area (TPSA) is 3.24 Å². The van der Waals surface area contributed by atoms with Gasteiger partial charge in [0.25, 0.3) is 0 Å². The van der Waals surface area contributed by atoms with Gasteiger partial charge in [-0.25, -0.2) is 0 Å². The Labute approximate surface area is 384 Å². The summed E-state index contributed by atoms with van der Waals surface area (Å²) in [7, 11) is 0. The van der Waals surface area contributed by atoms with Gasteiger partial charge >= 0.3 is 0 Å². The van der Waals surface area contributed by atoms with Gasteiger partial charge in [0.15, 0.2) is 0 Å². The molecular weight excluding hydrogens is 783 g/mol. The van der Waals surface area contributed by atoms with Crippen molar-refractivity contribution in [2.45, 2.75) is 82.5 Å². The molecule has 0 saturated heterocycles. The average Bonchev–Trinajstić information content (AvgIpc) is 3.86. The maximum atomic E-state index is 2.54. The van der Waals surface area contributed by atoms with Crippen LogP contribution in [0, 0.1) is 31.6 Å². The molecule has 65 heavy (non-hydrogen) atoms. The van der Waals surface area contributed by atoms with Crippen molar-refractivity contribution in [2.24, 2.45) is 17.8 Å². The van der Waals surface area contributed by atoms with Gasteiger partial charge < -0.3 is 4.90 Å². The fourth-order valence-corrected chi connectivity index (χ4v) is 15.1. The lowest BCUT2D eigenvalue weighted by Gasteiger charge is -2.57. The van der Waals surface area contributed by atoms with E-state index in [0.717, 1.165) is 23.4 Å². The number of fused-ring (bicyclic) bond motifs is 13. The third-order valence-electron chi connectivity index (χ3n) is 17.6. The molecule has 0 heterocycles. The van der Waals surface area contributed by atoms with Gasteiger partial charge in [-0.2, -0.15) is 0 Å². The number of benzene rings is 8. The highest BCUT2D eigenvalue weighted by atomic mass is 15.1. The molecule has 1 heteroatoms. The van der Waals surface area contributed by atoms with Crippen molar-refractivity contribution in [3.05, 3.63) is 220 Å². The zero-order valence-electron chi connectivity index (χ0n) is 38.1. The summed E-state index contributed by atoms with van der Waals surface area (Å²) in [5.41, 5.74) is 26.5. The van der Waals surface area contributed by atoms with Crippen LogP contribution < -0.4 is 4.90 Å². The van der Waals surface area contributed by atoms with E-state index < -0.39 is 5.41 Å². The van der Waals surface area contributed by atoms with E-state index >= 15 is 0 Å². The molecule has 15 rings (SSSR count). The van der Waals surface area contributed by atoms with Gasteiger partial charge in [0.05, 0.1) is 5.41 Å². The van der Waals surface area contributed by atoms with Crippen LogP contribution in [0.3, 0.4) is 0 Å². The highest BCUT2D eigenvalue weighted by Crippen LogP contribution is 2.64. The van der Waals surface area contributed by atoms with Crippen LogP contribution in [-0.2, 0) is 16.2 Å². The van der Waals surface area contributed by atoms with Crippen molar-refractivity contribution in [3.8, 4) is 44.5 Å². The molecule has 0 aromatic heterocycles. The molecule has 7 aliphatic carbocycles. The molecule has 0 aliphatic heterocycles. The minimum atomic E-state index is -0.427. The number of rotatable bonds is 5. The van der Waals surface area contributed by atoms with E-state index in [1.54, 1.807) is 5.56 Å². The SMILES string of the molecule is Cc1ccc2c(c1)C1(c3ccccc3-c3ccc(N(c4ccc(-c5ccc(C67CC8CC(CC(C8)C6)C7)cc5)cc4)c4ccc5c(c4)-c4ccccc4C5(C)C)cc31)c1cc(C)ccc1-2. The Kier molecular flexibility index (Phi) is 7.77. The summed E-state index contributed by atoms with van der Waals surface area (Å²) in [6.07, 6.45) is 8.67. The molecule has 0 amide bonds. The largest absolute Gasteiger partial charge is 0.310 e. The third-order valence-corrected chi connectivity index (χ3v) is 17.6. The van der Waals surface area contributed by atoms with Gasteiger partial charge in [-0.1, -0.05) is 158 Å². The van der Waals surface area contributed by atoms with Crippen molar-refractivity contribution in [3.63, 3.8) is 0 Å². The molecule has 4 bridgehead atoms. The lowest BCUT2D eigenvalue weighted by atomic mass is 9.48. The Balaban J connectivity index is 0.927. The highest BCUT2D eigenvalue weighted by Gasteiger charge is 2.53. The fourth-order valence-electron chi connectivity index (χ4n) is 15.1. The molecule has 7 aliphatic rings. The lowest BCUT2D eigenvalue weighted by Crippen LogP contribution is -2.48. The predicted octanol–water partition coefficient (Wildman–Crippen LogP) is 16.6. The zero-order valence-corrected chi connectivity index (χ0v) is 38.1. The van der Waals surface area contributed by atoms with E-state index in [2.05, 4.69) is 202 Å². The van der Waals surface area contributed by atoms with Crippen LogP contribution in [0.4, 0.5) is 17.1 Å². The van der Waals surface area contributed by atoms with Gasteiger partial charge in [0.1, 0.15) is 0 Å². The van der Waals surface area contributed by atoms with Crippen LogP contribution in [0.25, 0.3) is 44.5 Å². The monoisotopic (exact) mass is 837 g/mol. The summed E-state index contributed by atoms with van der Waals surface area (Å²) >= 11 is 0. The Morgan fingerprint density at radius 3 is 1.45 bits per heavy atom. The first-order valence-electron chi connectivity index (χ1n) is 24.4. The van der Waals surface area contributed by atoms with Crippen molar-refractivity contribution in [2.75, 3.05) is 4.90 Å². The second kappa shape index (κ2) is 13.3. The molecule has 4 saturated carbocycles. The summed E-state index contributed by atoms with van der Waals surface area (Å²) < 4.78 is 0. The number of hydrogen-bond donors (Lipinski definition) is 0. The third kappa shape index (κ3) is 5.22. The Morgan fingerprint density at radius 1 is 0.385 bits per heavy atom. The predicted molar refractivity (Wildman–Crippen MR) is 270 cm³/mol. The lowest BCUT2D eigenvalue weighted by molar-refractivity contribution is -0.00518. The van der Waals surface area contributed by atoms with Crippen molar-refractivity contribution in [1.82, 2.24) is 0 Å². The van der Waals surface area contributed by atoms with E-state index in [1.165, 1.54) is 139 Å². The molecule has 0 atom stereocenters. The summed E-state index contributed by atoms with van der Waals surface area (Å²) in [4.78, 5) is 2.52. The molecule has 0 unspecified atom stereocenters. The summed E-state index contributed by atoms with van der Waals surface area (Å²) in [6.45, 7) is 9.25. The number of aryl methyl sites for hydroxylation is 2. The molecular formula is C64H55N. The average molecular weight is 838 g/mol. The van der Waals surface area contributed by atoms with Gasteiger partial charge in [0.2, 0.25) is 0 Å². The highest BCUT2D eigenvalue weighted by molar-refractivity contribution is 5.97. The molecule has 0 radical (unpaired) electrons. The van der Waals surface area contributed by atoms with E-state index in [1.807, 2.05) is 0 Å². The van der Waals surface area contributed by atoms with Crippen LogP contribution in [0.15, 0.2) is 170 Å². The Bertz CT molecular complexity index is 3200. The second-order valence-electron chi connectivity index (χ2n) is 21.7. The molecule has 1 nitrogen and oxygen atoms in total. The number of anilines is 3. The van der Waals surface area contributed by atoms with Gasteiger partial charge in [-0.15, -0.1) is 0 Å². The van der Waals surface area contributed by atoms with Crippen LogP contribution in [0.2, 0.25) is 0 Å². The molecule has 0 N–H and O–H groups in total. The standard InChI is InChI=1S/C64H55N/c1-39-13-25-52-53-26-14-40(2)30-60(53)64(59(52)29-39)58-12-8-6-9-50(58)54-27-23-49(35-61(54)64)65(48-24-28-57-55(34-48)51-10-5-7-11-56(51)62(57,3)4)47-21-17-45(18-22-47)44-15-19-46(20-16-44)63-36-41-31-42(37-63)33-43(32-41)38-63/h5-30,34-35,41-43H,31-33,36-38H2,1-4H3. The maximum Gasteiger partial charge on any atom is 0.0726 e. The molecule has 316 valence electrons. The number of nitrogens with zero attached hydrogens (tertiary/aromatic N) is 1. The van der Waals surface area contributed by atoms with E-state index in [9.17, 15) is 0 Å². The molecule has 1 spiro atoms. The van der Waals surface area contributed by atoms with Crippen molar-refractivity contribution < 1.29 is 0 Å².